The fourth-order valence-electron chi connectivity index (χ4n) is 2.29. The molecule has 0 bridgehead atoms. The van der Waals surface area contributed by atoms with Crippen LogP contribution in [0.25, 0.3) is 0 Å². The van der Waals surface area contributed by atoms with Gasteiger partial charge in [0.05, 0.1) is 5.60 Å². The summed E-state index contributed by atoms with van der Waals surface area (Å²) in [6, 6.07) is 7.03. The molecule has 1 atom stereocenters. The number of rotatable bonds is 3. The van der Waals surface area contributed by atoms with Crippen molar-refractivity contribution in [3.63, 3.8) is 0 Å². The molecule has 0 saturated heterocycles. The normalized spacial score (nSPS) is 20.1. The van der Waals surface area contributed by atoms with Crippen LogP contribution in [-0.4, -0.2) is 23.3 Å². The standard InChI is InChI=1S/C14H20BrNO/c1-14(2,17)9-16-13-6-4-10-7-12(15)5-3-11(10)8-13/h3,5,7,13,16-17H,4,6,8-9H2,1-2H3. The van der Waals surface area contributed by atoms with E-state index in [2.05, 4.69) is 39.4 Å². The Morgan fingerprint density at radius 1 is 1.41 bits per heavy atom. The van der Waals surface area contributed by atoms with Gasteiger partial charge in [0, 0.05) is 17.1 Å². The predicted octanol–water partition coefficient (Wildman–Crippen LogP) is 2.67. The van der Waals surface area contributed by atoms with Crippen LogP contribution < -0.4 is 5.32 Å². The highest BCUT2D eigenvalue weighted by molar-refractivity contribution is 9.10. The summed E-state index contributed by atoms with van der Waals surface area (Å²) in [6.45, 7) is 4.34. The SMILES string of the molecule is CC(C)(O)CNC1CCc2cc(Br)ccc2C1. The van der Waals surface area contributed by atoms with E-state index < -0.39 is 5.60 Å². The second kappa shape index (κ2) is 5.09. The van der Waals surface area contributed by atoms with Crippen LogP contribution in [0, 0.1) is 0 Å². The molecule has 0 fully saturated rings. The van der Waals surface area contributed by atoms with E-state index in [4.69, 9.17) is 0 Å². The molecule has 0 aromatic heterocycles. The Morgan fingerprint density at radius 3 is 2.88 bits per heavy atom. The Hall–Kier alpha value is -0.380. The van der Waals surface area contributed by atoms with Crippen molar-refractivity contribution in [2.75, 3.05) is 6.54 Å². The molecule has 94 valence electrons. The molecule has 1 aliphatic rings. The molecule has 1 aromatic carbocycles. The smallest absolute Gasteiger partial charge is 0.0715 e. The van der Waals surface area contributed by atoms with E-state index in [9.17, 15) is 5.11 Å². The topological polar surface area (TPSA) is 32.3 Å². The summed E-state index contributed by atoms with van der Waals surface area (Å²) in [5.41, 5.74) is 2.27. The number of hydrogen-bond donors (Lipinski definition) is 2. The van der Waals surface area contributed by atoms with Crippen molar-refractivity contribution >= 4 is 15.9 Å². The van der Waals surface area contributed by atoms with E-state index in [1.165, 1.54) is 15.6 Å². The monoisotopic (exact) mass is 297 g/mol. The summed E-state index contributed by atoms with van der Waals surface area (Å²) in [4.78, 5) is 0. The maximum absolute atomic E-state index is 9.71. The van der Waals surface area contributed by atoms with Crippen molar-refractivity contribution in [1.82, 2.24) is 5.32 Å². The third-order valence-electron chi connectivity index (χ3n) is 3.22. The number of benzene rings is 1. The van der Waals surface area contributed by atoms with Crippen molar-refractivity contribution in [2.24, 2.45) is 0 Å². The summed E-state index contributed by atoms with van der Waals surface area (Å²) >= 11 is 3.51. The molecule has 1 aromatic rings. The highest BCUT2D eigenvalue weighted by atomic mass is 79.9. The molecule has 3 heteroatoms. The summed E-state index contributed by atoms with van der Waals surface area (Å²) in [5.74, 6) is 0. The van der Waals surface area contributed by atoms with Crippen LogP contribution in [0.2, 0.25) is 0 Å². The molecule has 2 rings (SSSR count). The first-order valence-corrected chi connectivity index (χ1v) is 6.96. The number of hydrogen-bond acceptors (Lipinski definition) is 2. The van der Waals surface area contributed by atoms with Crippen LogP contribution in [0.3, 0.4) is 0 Å². The van der Waals surface area contributed by atoms with Gasteiger partial charge in [0.15, 0.2) is 0 Å². The molecule has 0 aliphatic heterocycles. The van der Waals surface area contributed by atoms with Gasteiger partial charge in [0.2, 0.25) is 0 Å². The van der Waals surface area contributed by atoms with Crippen molar-refractivity contribution in [3.8, 4) is 0 Å². The van der Waals surface area contributed by atoms with Crippen molar-refractivity contribution < 1.29 is 5.11 Å². The molecule has 0 radical (unpaired) electrons. The quantitative estimate of drug-likeness (QED) is 0.899. The number of aryl methyl sites for hydroxylation is 1. The first kappa shape index (κ1) is 13.1. The van der Waals surface area contributed by atoms with Gasteiger partial charge < -0.3 is 10.4 Å². The third-order valence-corrected chi connectivity index (χ3v) is 3.71. The molecule has 2 nitrogen and oxygen atoms in total. The number of nitrogens with one attached hydrogen (secondary N) is 1. The van der Waals surface area contributed by atoms with Gasteiger partial charge in [-0.2, -0.15) is 0 Å². The predicted molar refractivity (Wildman–Crippen MR) is 74.3 cm³/mol. The first-order valence-electron chi connectivity index (χ1n) is 6.17. The molecule has 0 saturated carbocycles. The molecular weight excluding hydrogens is 278 g/mol. The van der Waals surface area contributed by atoms with Gasteiger partial charge in [0.1, 0.15) is 0 Å². The minimum atomic E-state index is -0.625. The zero-order valence-corrected chi connectivity index (χ0v) is 12.0. The highest BCUT2D eigenvalue weighted by Crippen LogP contribution is 2.24. The lowest BCUT2D eigenvalue weighted by Crippen LogP contribution is -2.43. The van der Waals surface area contributed by atoms with Crippen LogP contribution in [0.4, 0.5) is 0 Å². The molecule has 0 heterocycles. The molecule has 2 N–H and O–H groups in total. The molecule has 1 unspecified atom stereocenters. The van der Waals surface area contributed by atoms with Gasteiger partial charge in [-0.05, 0) is 56.4 Å². The van der Waals surface area contributed by atoms with Crippen molar-refractivity contribution in [3.05, 3.63) is 33.8 Å². The zero-order chi connectivity index (χ0) is 12.5. The Bertz CT molecular complexity index is 398. The summed E-state index contributed by atoms with van der Waals surface area (Å²) in [5, 5.41) is 13.2. The Kier molecular flexibility index (Phi) is 3.91. The van der Waals surface area contributed by atoms with E-state index in [1.54, 1.807) is 0 Å². The molecular formula is C14H20BrNO. The second-order valence-electron chi connectivity index (χ2n) is 5.55. The largest absolute Gasteiger partial charge is 0.389 e. The summed E-state index contributed by atoms with van der Waals surface area (Å²) in [6.07, 6.45) is 3.34. The van der Waals surface area contributed by atoms with Crippen LogP contribution in [0.15, 0.2) is 22.7 Å². The minimum absolute atomic E-state index is 0.495. The van der Waals surface area contributed by atoms with Gasteiger partial charge in [-0.15, -0.1) is 0 Å². The van der Waals surface area contributed by atoms with Gasteiger partial charge in [-0.25, -0.2) is 0 Å². The van der Waals surface area contributed by atoms with Crippen LogP contribution in [-0.2, 0) is 12.8 Å². The van der Waals surface area contributed by atoms with E-state index in [-0.39, 0.29) is 0 Å². The van der Waals surface area contributed by atoms with Crippen molar-refractivity contribution in [2.45, 2.75) is 44.8 Å². The minimum Gasteiger partial charge on any atom is -0.389 e. The maximum atomic E-state index is 9.71. The lowest BCUT2D eigenvalue weighted by molar-refractivity contribution is 0.0757. The lowest BCUT2D eigenvalue weighted by atomic mass is 9.88. The average Bonchev–Trinajstić information content (AvgIpc) is 2.25. The first-order chi connectivity index (χ1) is 7.94. The molecule has 0 spiro atoms. The zero-order valence-electron chi connectivity index (χ0n) is 10.5. The van der Waals surface area contributed by atoms with Gasteiger partial charge in [-0.1, -0.05) is 22.0 Å². The molecule has 1 aliphatic carbocycles. The van der Waals surface area contributed by atoms with Gasteiger partial charge in [0.25, 0.3) is 0 Å². The van der Waals surface area contributed by atoms with E-state index in [0.29, 0.717) is 12.6 Å². The number of fused-ring (bicyclic) bond motifs is 1. The van der Waals surface area contributed by atoms with E-state index in [1.807, 2.05) is 13.8 Å². The Morgan fingerprint density at radius 2 is 2.18 bits per heavy atom. The Labute approximate surface area is 112 Å². The second-order valence-corrected chi connectivity index (χ2v) is 6.46. The van der Waals surface area contributed by atoms with Crippen LogP contribution in [0.1, 0.15) is 31.4 Å². The van der Waals surface area contributed by atoms with Crippen LogP contribution >= 0.6 is 15.9 Å². The fourth-order valence-corrected chi connectivity index (χ4v) is 2.70. The third kappa shape index (κ3) is 3.80. The summed E-state index contributed by atoms with van der Waals surface area (Å²) < 4.78 is 1.17. The van der Waals surface area contributed by atoms with E-state index in [0.717, 1.165) is 19.3 Å². The van der Waals surface area contributed by atoms with Crippen molar-refractivity contribution in [1.29, 1.82) is 0 Å². The van der Waals surface area contributed by atoms with E-state index >= 15 is 0 Å². The molecule has 0 amide bonds. The lowest BCUT2D eigenvalue weighted by Gasteiger charge is -2.28. The fraction of sp³-hybridized carbons (Fsp3) is 0.571. The number of halogens is 1. The maximum Gasteiger partial charge on any atom is 0.0715 e. The molecule has 17 heavy (non-hydrogen) atoms. The van der Waals surface area contributed by atoms with Gasteiger partial charge in [-0.3, -0.25) is 0 Å². The average molecular weight is 298 g/mol. The highest BCUT2D eigenvalue weighted by Gasteiger charge is 2.20. The summed E-state index contributed by atoms with van der Waals surface area (Å²) in [7, 11) is 0. The van der Waals surface area contributed by atoms with Crippen LogP contribution in [0.5, 0.6) is 0 Å². The number of aliphatic hydroxyl groups is 1. The Balaban J connectivity index is 1.97. The van der Waals surface area contributed by atoms with Gasteiger partial charge >= 0.3 is 0 Å².